The smallest absolute Gasteiger partial charge is 0.408 e. The van der Waals surface area contributed by atoms with Crippen LogP contribution in [0.15, 0.2) is 17.1 Å². The van der Waals surface area contributed by atoms with Crippen molar-refractivity contribution < 1.29 is 19.1 Å². The van der Waals surface area contributed by atoms with Gasteiger partial charge in [0.1, 0.15) is 11.6 Å². The third-order valence-electron chi connectivity index (χ3n) is 3.44. The van der Waals surface area contributed by atoms with Gasteiger partial charge in [-0.1, -0.05) is 26.0 Å². The molecule has 9 nitrogen and oxygen atoms in total. The number of nitrogens with one attached hydrogen (secondary N) is 3. The van der Waals surface area contributed by atoms with Gasteiger partial charge in [0.25, 0.3) is 0 Å². The lowest BCUT2D eigenvalue weighted by molar-refractivity contribution is -0.124. The van der Waals surface area contributed by atoms with E-state index in [1.54, 1.807) is 27.7 Å². The van der Waals surface area contributed by atoms with Crippen molar-refractivity contribution in [3.05, 3.63) is 12.2 Å². The monoisotopic (exact) mass is 411 g/mol. The molecule has 0 aliphatic heterocycles. The first kappa shape index (κ1) is 26.4. The van der Waals surface area contributed by atoms with Crippen LogP contribution in [0.2, 0.25) is 0 Å². The van der Waals surface area contributed by atoms with E-state index in [2.05, 4.69) is 20.9 Å². The Morgan fingerprint density at radius 1 is 1.03 bits per heavy atom. The summed E-state index contributed by atoms with van der Waals surface area (Å²) in [6.45, 7) is 11.5. The van der Waals surface area contributed by atoms with Crippen LogP contribution in [0, 0.1) is 5.92 Å². The fourth-order valence-electron chi connectivity index (χ4n) is 2.00. The maximum absolute atomic E-state index is 12.4. The number of rotatable bonds is 11. The molecule has 0 bridgehead atoms. The minimum absolute atomic E-state index is 0.0242. The number of hydrogen-bond donors (Lipinski definition) is 4. The lowest BCUT2D eigenvalue weighted by atomic mass is 10.2. The van der Waals surface area contributed by atoms with Gasteiger partial charge in [-0.25, -0.2) is 4.79 Å². The number of ether oxygens (including phenoxy) is 1. The zero-order valence-electron chi connectivity index (χ0n) is 18.5. The van der Waals surface area contributed by atoms with Crippen LogP contribution >= 0.6 is 0 Å². The van der Waals surface area contributed by atoms with Crippen LogP contribution in [0.25, 0.3) is 0 Å². The first-order chi connectivity index (χ1) is 13.4. The molecular formula is C20H37N5O4. The van der Waals surface area contributed by atoms with E-state index in [1.807, 2.05) is 26.0 Å². The summed E-state index contributed by atoms with van der Waals surface area (Å²) in [7, 11) is 0. The molecule has 0 saturated heterocycles. The van der Waals surface area contributed by atoms with Crippen LogP contribution in [-0.4, -0.2) is 55.0 Å². The summed E-state index contributed by atoms with van der Waals surface area (Å²) in [5, 5.41) is 8.11. The summed E-state index contributed by atoms with van der Waals surface area (Å²) < 4.78 is 5.19. The third-order valence-corrected chi connectivity index (χ3v) is 3.44. The molecule has 3 amide bonds. The van der Waals surface area contributed by atoms with E-state index in [0.29, 0.717) is 25.3 Å². The number of aliphatic imine (C=N–C) groups is 1. The largest absolute Gasteiger partial charge is 0.444 e. The van der Waals surface area contributed by atoms with Gasteiger partial charge in [0.2, 0.25) is 11.8 Å². The molecule has 0 saturated carbocycles. The van der Waals surface area contributed by atoms with Crippen molar-refractivity contribution in [1.29, 1.82) is 0 Å². The highest BCUT2D eigenvalue weighted by atomic mass is 16.6. The fraction of sp³-hybridized carbons (Fsp3) is 0.700. The second kappa shape index (κ2) is 13.6. The maximum atomic E-state index is 12.4. The van der Waals surface area contributed by atoms with Crippen molar-refractivity contribution in [2.75, 3.05) is 19.6 Å². The van der Waals surface area contributed by atoms with Crippen molar-refractivity contribution in [3.8, 4) is 0 Å². The van der Waals surface area contributed by atoms with Crippen molar-refractivity contribution in [3.63, 3.8) is 0 Å². The molecule has 1 atom stereocenters. The van der Waals surface area contributed by atoms with Crippen molar-refractivity contribution in [1.82, 2.24) is 16.0 Å². The first-order valence-electron chi connectivity index (χ1n) is 9.89. The molecule has 0 fully saturated rings. The number of hydrogen-bond acceptors (Lipinski definition) is 5. The molecule has 0 aliphatic rings. The van der Waals surface area contributed by atoms with Gasteiger partial charge < -0.3 is 26.4 Å². The topological polar surface area (TPSA) is 135 Å². The summed E-state index contributed by atoms with van der Waals surface area (Å²) in [6.07, 6.45) is 4.54. The minimum Gasteiger partial charge on any atom is -0.444 e. The molecule has 0 radical (unpaired) electrons. The molecule has 5 N–H and O–H groups in total. The van der Waals surface area contributed by atoms with E-state index >= 15 is 0 Å². The van der Waals surface area contributed by atoms with Crippen LogP contribution in [0.1, 0.15) is 54.4 Å². The number of alkyl carbamates (subject to hydrolysis) is 1. The Kier molecular flexibility index (Phi) is 12.4. The average Bonchev–Trinajstić information content (AvgIpc) is 2.58. The van der Waals surface area contributed by atoms with E-state index in [4.69, 9.17) is 10.5 Å². The van der Waals surface area contributed by atoms with Crippen LogP contribution < -0.4 is 21.7 Å². The summed E-state index contributed by atoms with van der Waals surface area (Å²) in [5.74, 6) is -0.0341. The molecule has 0 rings (SSSR count). The zero-order valence-corrected chi connectivity index (χ0v) is 18.5. The Morgan fingerprint density at radius 2 is 1.55 bits per heavy atom. The Bertz CT molecular complexity index is 590. The van der Waals surface area contributed by atoms with Crippen LogP contribution in [-0.2, 0) is 14.3 Å². The van der Waals surface area contributed by atoms with Crippen LogP contribution in [0.5, 0.6) is 0 Å². The van der Waals surface area contributed by atoms with Gasteiger partial charge in [0.15, 0.2) is 0 Å². The second-order valence-electron chi connectivity index (χ2n) is 7.97. The van der Waals surface area contributed by atoms with E-state index in [-0.39, 0.29) is 24.3 Å². The number of nitrogens with two attached hydrogens (primary N) is 1. The summed E-state index contributed by atoms with van der Waals surface area (Å²) in [4.78, 5) is 39.8. The average molecular weight is 412 g/mol. The molecule has 0 heterocycles. The number of amidine groups is 1. The number of carbonyl (C=O) groups is 3. The Balaban J connectivity index is 4.38. The summed E-state index contributed by atoms with van der Waals surface area (Å²) in [6, 6.07) is -0.876. The molecule has 0 aromatic carbocycles. The molecule has 0 aliphatic carbocycles. The van der Waals surface area contributed by atoms with Gasteiger partial charge in [-0.05, 0) is 40.5 Å². The van der Waals surface area contributed by atoms with Crippen molar-refractivity contribution >= 4 is 23.7 Å². The molecular weight excluding hydrogens is 374 g/mol. The van der Waals surface area contributed by atoms with E-state index in [0.717, 1.165) is 6.42 Å². The normalized spacial score (nSPS) is 13.3. The lowest BCUT2D eigenvalue weighted by Gasteiger charge is -2.22. The Morgan fingerprint density at radius 3 is 2.00 bits per heavy atom. The third kappa shape index (κ3) is 15.1. The highest BCUT2D eigenvalue weighted by molar-refractivity contribution is 5.86. The molecule has 9 heteroatoms. The second-order valence-corrected chi connectivity index (χ2v) is 7.97. The van der Waals surface area contributed by atoms with Crippen molar-refractivity contribution in [2.45, 2.75) is 66.0 Å². The Hall–Kier alpha value is -2.58. The molecule has 166 valence electrons. The zero-order chi connectivity index (χ0) is 22.4. The van der Waals surface area contributed by atoms with E-state index in [1.165, 1.54) is 0 Å². The van der Waals surface area contributed by atoms with E-state index < -0.39 is 17.7 Å². The number of carbonyl (C=O) groups excluding carboxylic acids is 3. The highest BCUT2D eigenvalue weighted by Gasteiger charge is 2.23. The van der Waals surface area contributed by atoms with E-state index in [9.17, 15) is 14.4 Å². The van der Waals surface area contributed by atoms with Crippen molar-refractivity contribution in [2.24, 2.45) is 16.6 Å². The lowest BCUT2D eigenvalue weighted by Crippen LogP contribution is -2.50. The summed E-state index contributed by atoms with van der Waals surface area (Å²) in [5.41, 5.74) is 4.86. The van der Waals surface area contributed by atoms with Crippen LogP contribution in [0.4, 0.5) is 4.79 Å². The fourth-order valence-corrected chi connectivity index (χ4v) is 2.00. The van der Waals surface area contributed by atoms with Gasteiger partial charge in [-0.3, -0.25) is 14.6 Å². The molecule has 0 spiro atoms. The van der Waals surface area contributed by atoms with Crippen LogP contribution in [0.3, 0.4) is 0 Å². The van der Waals surface area contributed by atoms with Gasteiger partial charge >= 0.3 is 6.09 Å². The molecule has 0 aromatic heterocycles. The quantitative estimate of drug-likeness (QED) is 0.177. The number of nitrogens with zero attached hydrogens (tertiary/aromatic N) is 1. The molecule has 0 aromatic rings. The van der Waals surface area contributed by atoms with Gasteiger partial charge in [0.05, 0.1) is 12.4 Å². The van der Waals surface area contributed by atoms with Gasteiger partial charge in [0, 0.05) is 19.0 Å². The number of amides is 3. The molecule has 29 heavy (non-hydrogen) atoms. The summed E-state index contributed by atoms with van der Waals surface area (Å²) >= 11 is 0. The minimum atomic E-state index is -0.876. The SMILES string of the molecule is CC(N)=NC[C@H](NC(=O)OC(C)(C)C)C(=O)NCC/C=C\CCNC(=O)C(C)C. The molecule has 0 unspecified atom stereocenters. The predicted octanol–water partition coefficient (Wildman–Crippen LogP) is 1.48. The van der Waals surface area contributed by atoms with Gasteiger partial charge in [-0.2, -0.15) is 0 Å². The maximum Gasteiger partial charge on any atom is 0.408 e. The predicted molar refractivity (Wildman–Crippen MR) is 115 cm³/mol. The Labute approximate surface area is 173 Å². The first-order valence-corrected chi connectivity index (χ1v) is 9.89. The standard InChI is InChI=1S/C20H37N5O4/c1-14(2)17(26)22-11-9-7-8-10-12-23-18(27)16(13-24-15(3)21)25-19(28)29-20(4,5)6/h7-8,14,16H,9-13H2,1-6H3,(H2,21,24)(H,22,26)(H,23,27)(H,25,28)/b8-7-/t16-/m0/s1. The highest BCUT2D eigenvalue weighted by Crippen LogP contribution is 2.07. The van der Waals surface area contributed by atoms with Gasteiger partial charge in [-0.15, -0.1) is 0 Å².